The second-order valence-corrected chi connectivity index (χ2v) is 6.35. The molecule has 0 saturated carbocycles. The lowest BCUT2D eigenvalue weighted by Gasteiger charge is -2.15. The number of hydrogen-bond acceptors (Lipinski definition) is 5. The molecule has 0 amide bonds. The van der Waals surface area contributed by atoms with Crippen LogP contribution >= 0.6 is 11.8 Å². The SMILES string of the molecule is O=c1ccn([C@@H]2CC(Sc3ccccc3)[C@H](CO)O2)c(=O)[nH]1. The summed E-state index contributed by atoms with van der Waals surface area (Å²) in [6.07, 6.45) is 1.17. The number of H-pyrrole nitrogens is 1. The summed E-state index contributed by atoms with van der Waals surface area (Å²) in [7, 11) is 0. The number of aliphatic hydroxyl groups is 1. The Hall–Kier alpha value is -1.83. The number of nitrogens with one attached hydrogen (secondary N) is 1. The summed E-state index contributed by atoms with van der Waals surface area (Å²) in [5, 5.41) is 9.55. The minimum atomic E-state index is -0.500. The Morgan fingerprint density at radius 3 is 2.73 bits per heavy atom. The molecule has 116 valence electrons. The summed E-state index contributed by atoms with van der Waals surface area (Å²) < 4.78 is 7.13. The van der Waals surface area contributed by atoms with E-state index in [2.05, 4.69) is 4.98 Å². The van der Waals surface area contributed by atoms with Crippen molar-refractivity contribution >= 4 is 11.8 Å². The average molecular weight is 320 g/mol. The van der Waals surface area contributed by atoms with Crippen LogP contribution in [0.1, 0.15) is 12.6 Å². The molecule has 2 N–H and O–H groups in total. The first-order chi connectivity index (χ1) is 10.7. The molecule has 1 aliphatic heterocycles. The second-order valence-electron chi connectivity index (χ2n) is 5.03. The minimum Gasteiger partial charge on any atom is -0.394 e. The van der Waals surface area contributed by atoms with Crippen LogP contribution in [0.3, 0.4) is 0 Å². The minimum absolute atomic E-state index is 0.0382. The Balaban J connectivity index is 1.79. The molecule has 1 unspecified atom stereocenters. The topological polar surface area (TPSA) is 84.3 Å². The maximum absolute atomic E-state index is 11.8. The molecule has 1 aromatic heterocycles. The Kier molecular flexibility index (Phi) is 4.47. The molecule has 2 aromatic rings. The van der Waals surface area contributed by atoms with Gasteiger partial charge in [-0.3, -0.25) is 14.3 Å². The number of benzene rings is 1. The Labute approximate surface area is 130 Å². The van der Waals surface area contributed by atoms with Crippen LogP contribution in [-0.4, -0.2) is 32.6 Å². The average Bonchev–Trinajstić information content (AvgIpc) is 2.91. The Bertz CT molecular complexity index is 743. The van der Waals surface area contributed by atoms with E-state index in [1.165, 1.54) is 16.8 Å². The summed E-state index contributed by atoms with van der Waals surface area (Å²) in [5.74, 6) is 0. The summed E-state index contributed by atoms with van der Waals surface area (Å²) in [6, 6.07) is 11.1. The lowest BCUT2D eigenvalue weighted by atomic mass is 10.2. The molecule has 2 heterocycles. The summed E-state index contributed by atoms with van der Waals surface area (Å²) in [6.45, 7) is -0.112. The molecule has 1 aliphatic rings. The fourth-order valence-corrected chi connectivity index (χ4v) is 3.71. The van der Waals surface area contributed by atoms with Gasteiger partial charge in [-0.15, -0.1) is 11.8 Å². The molecule has 3 atom stereocenters. The molecule has 1 fully saturated rings. The highest BCUT2D eigenvalue weighted by Gasteiger charge is 2.36. The Morgan fingerprint density at radius 1 is 1.27 bits per heavy atom. The number of hydrogen-bond donors (Lipinski definition) is 2. The first-order valence-corrected chi connectivity index (χ1v) is 7.85. The summed E-state index contributed by atoms with van der Waals surface area (Å²) in [4.78, 5) is 26.3. The number of aliphatic hydroxyl groups excluding tert-OH is 1. The molecule has 0 aliphatic carbocycles. The van der Waals surface area contributed by atoms with E-state index >= 15 is 0 Å². The van der Waals surface area contributed by atoms with E-state index in [0.29, 0.717) is 6.42 Å². The van der Waals surface area contributed by atoms with Crippen LogP contribution < -0.4 is 11.2 Å². The first kappa shape index (κ1) is 15.1. The highest BCUT2D eigenvalue weighted by Crippen LogP contribution is 2.38. The zero-order valence-corrected chi connectivity index (χ0v) is 12.5. The molecule has 1 aromatic carbocycles. The third kappa shape index (κ3) is 3.16. The van der Waals surface area contributed by atoms with E-state index in [1.54, 1.807) is 11.8 Å². The van der Waals surface area contributed by atoms with Gasteiger partial charge in [0, 0.05) is 28.8 Å². The normalized spacial score (nSPS) is 24.5. The highest BCUT2D eigenvalue weighted by molar-refractivity contribution is 8.00. The molecule has 0 spiro atoms. The number of thioether (sulfide) groups is 1. The van der Waals surface area contributed by atoms with Gasteiger partial charge in [-0.1, -0.05) is 18.2 Å². The number of nitrogens with zero attached hydrogens (tertiary/aromatic N) is 1. The van der Waals surface area contributed by atoms with Gasteiger partial charge in [0.2, 0.25) is 0 Å². The van der Waals surface area contributed by atoms with Gasteiger partial charge in [0.25, 0.3) is 5.56 Å². The molecule has 3 rings (SSSR count). The predicted molar refractivity (Wildman–Crippen MR) is 83.0 cm³/mol. The van der Waals surface area contributed by atoms with Crippen LogP contribution in [0.25, 0.3) is 0 Å². The molecular formula is C15H16N2O4S. The van der Waals surface area contributed by atoms with Gasteiger partial charge in [-0.2, -0.15) is 0 Å². The van der Waals surface area contributed by atoms with Crippen LogP contribution in [0, 0.1) is 0 Å². The van der Waals surface area contributed by atoms with Crippen molar-refractivity contribution in [3.05, 3.63) is 63.4 Å². The number of rotatable bonds is 4. The predicted octanol–water partition coefficient (Wildman–Crippen LogP) is 0.977. The van der Waals surface area contributed by atoms with Gasteiger partial charge in [0.1, 0.15) is 6.23 Å². The van der Waals surface area contributed by atoms with E-state index < -0.39 is 17.5 Å². The quantitative estimate of drug-likeness (QED) is 0.877. The molecule has 1 saturated heterocycles. The zero-order valence-electron chi connectivity index (χ0n) is 11.7. The van der Waals surface area contributed by atoms with Gasteiger partial charge in [-0.05, 0) is 12.1 Å². The van der Waals surface area contributed by atoms with E-state index in [1.807, 2.05) is 30.3 Å². The van der Waals surface area contributed by atoms with E-state index in [-0.39, 0.29) is 18.0 Å². The third-order valence-electron chi connectivity index (χ3n) is 3.55. The molecule has 6 nitrogen and oxygen atoms in total. The van der Waals surface area contributed by atoms with Crippen LogP contribution in [0.15, 0.2) is 57.1 Å². The van der Waals surface area contributed by atoms with Crippen molar-refractivity contribution in [3.8, 4) is 0 Å². The fraction of sp³-hybridized carbons (Fsp3) is 0.333. The van der Waals surface area contributed by atoms with Crippen molar-refractivity contribution in [2.24, 2.45) is 0 Å². The second kappa shape index (κ2) is 6.51. The van der Waals surface area contributed by atoms with Gasteiger partial charge < -0.3 is 9.84 Å². The lowest BCUT2D eigenvalue weighted by molar-refractivity contribution is -0.0237. The number of aromatic nitrogens is 2. The van der Waals surface area contributed by atoms with Gasteiger partial charge in [-0.25, -0.2) is 4.79 Å². The number of aromatic amines is 1. The summed E-state index contributed by atoms with van der Waals surface area (Å²) in [5.41, 5.74) is -0.937. The maximum Gasteiger partial charge on any atom is 0.330 e. The monoisotopic (exact) mass is 320 g/mol. The van der Waals surface area contributed by atoms with Crippen molar-refractivity contribution in [2.45, 2.75) is 28.9 Å². The van der Waals surface area contributed by atoms with Gasteiger partial charge in [0.05, 0.1) is 12.7 Å². The number of ether oxygens (including phenoxy) is 1. The highest BCUT2D eigenvalue weighted by atomic mass is 32.2. The van der Waals surface area contributed by atoms with Crippen LogP contribution in [-0.2, 0) is 4.74 Å². The Morgan fingerprint density at radius 2 is 2.05 bits per heavy atom. The van der Waals surface area contributed by atoms with Crippen LogP contribution in [0.2, 0.25) is 0 Å². The molecular weight excluding hydrogens is 304 g/mol. The van der Waals surface area contributed by atoms with Crippen molar-refractivity contribution < 1.29 is 9.84 Å². The van der Waals surface area contributed by atoms with Gasteiger partial charge >= 0.3 is 5.69 Å². The first-order valence-electron chi connectivity index (χ1n) is 6.97. The zero-order chi connectivity index (χ0) is 15.5. The largest absolute Gasteiger partial charge is 0.394 e. The van der Waals surface area contributed by atoms with Crippen molar-refractivity contribution in [2.75, 3.05) is 6.61 Å². The van der Waals surface area contributed by atoms with E-state index in [9.17, 15) is 14.7 Å². The fourth-order valence-electron chi connectivity index (χ4n) is 2.49. The maximum atomic E-state index is 11.8. The van der Waals surface area contributed by atoms with Gasteiger partial charge in [0.15, 0.2) is 0 Å². The molecule has 0 bridgehead atoms. The standard InChI is InChI=1S/C15H16N2O4S/c18-9-11-12(22-10-4-2-1-3-5-10)8-14(21-11)17-7-6-13(19)16-15(17)20/h1-7,11-12,14,18H,8-9H2,(H,16,19,20)/t11-,12?,14-/m0/s1. The summed E-state index contributed by atoms with van der Waals surface area (Å²) >= 11 is 1.62. The van der Waals surface area contributed by atoms with E-state index in [0.717, 1.165) is 4.90 Å². The van der Waals surface area contributed by atoms with Crippen LogP contribution in [0.5, 0.6) is 0 Å². The van der Waals surface area contributed by atoms with E-state index in [4.69, 9.17) is 4.74 Å². The third-order valence-corrected chi connectivity index (χ3v) is 4.90. The molecule has 7 heteroatoms. The van der Waals surface area contributed by atoms with Crippen molar-refractivity contribution in [1.29, 1.82) is 0 Å². The van der Waals surface area contributed by atoms with Crippen molar-refractivity contribution in [1.82, 2.24) is 9.55 Å². The lowest BCUT2D eigenvalue weighted by Crippen LogP contribution is -2.31. The van der Waals surface area contributed by atoms with Crippen LogP contribution in [0.4, 0.5) is 0 Å². The molecule has 22 heavy (non-hydrogen) atoms. The smallest absolute Gasteiger partial charge is 0.330 e. The van der Waals surface area contributed by atoms with Crippen molar-refractivity contribution in [3.63, 3.8) is 0 Å². The molecule has 0 radical (unpaired) electrons.